The molecule has 3 aromatic rings. The summed E-state index contributed by atoms with van der Waals surface area (Å²) in [4.78, 5) is 4.33. The van der Waals surface area contributed by atoms with Gasteiger partial charge in [-0.05, 0) is 52.7 Å². The number of nitrogens with zero attached hydrogens (tertiary/aromatic N) is 1. The first-order valence-corrected chi connectivity index (χ1v) is 7.09. The third kappa shape index (κ3) is 2.34. The van der Waals surface area contributed by atoms with Crippen LogP contribution in [0, 0.1) is 6.92 Å². The fourth-order valence-electron chi connectivity index (χ4n) is 1.88. The molecule has 6 heteroatoms. The van der Waals surface area contributed by atoms with Crippen LogP contribution in [-0.2, 0) is 0 Å². The Labute approximate surface area is 129 Å². The van der Waals surface area contributed by atoms with E-state index < -0.39 is 0 Å². The number of nitrogens with two attached hydrogens (primary N) is 1. The van der Waals surface area contributed by atoms with Gasteiger partial charge in [-0.1, -0.05) is 17.7 Å². The Morgan fingerprint density at radius 2 is 2.15 bits per heavy atom. The first-order chi connectivity index (χ1) is 9.54. The average molecular weight is 353 g/mol. The van der Waals surface area contributed by atoms with Crippen molar-refractivity contribution in [2.24, 2.45) is 0 Å². The van der Waals surface area contributed by atoms with Gasteiger partial charge in [0, 0.05) is 9.50 Å². The average Bonchev–Trinajstić information content (AvgIpc) is 2.80. The molecule has 0 saturated carbocycles. The number of aromatic nitrogens is 1. The SMILES string of the molecule is Cc1cc(Br)c(Nc2nc3c(N)cccc3o2)cc1Cl. The molecule has 102 valence electrons. The molecule has 3 rings (SSSR count). The Balaban J connectivity index is 2.01. The quantitative estimate of drug-likeness (QED) is 0.645. The molecular formula is C14H11BrClN3O. The second-order valence-corrected chi connectivity index (χ2v) is 5.68. The van der Waals surface area contributed by atoms with Crippen LogP contribution in [0.3, 0.4) is 0 Å². The minimum Gasteiger partial charge on any atom is -0.423 e. The molecular weight excluding hydrogens is 342 g/mol. The lowest BCUT2D eigenvalue weighted by Gasteiger charge is -2.07. The molecule has 0 bridgehead atoms. The van der Waals surface area contributed by atoms with E-state index in [0.29, 0.717) is 27.8 Å². The molecule has 0 radical (unpaired) electrons. The lowest BCUT2D eigenvalue weighted by Crippen LogP contribution is -1.93. The number of fused-ring (bicyclic) bond motifs is 1. The molecule has 0 aliphatic rings. The Hall–Kier alpha value is -1.72. The van der Waals surface area contributed by atoms with Gasteiger partial charge < -0.3 is 15.5 Å². The Kier molecular flexibility index (Phi) is 3.31. The van der Waals surface area contributed by atoms with Gasteiger partial charge in [-0.15, -0.1) is 0 Å². The zero-order valence-electron chi connectivity index (χ0n) is 10.6. The highest BCUT2D eigenvalue weighted by molar-refractivity contribution is 9.10. The Morgan fingerprint density at radius 1 is 1.35 bits per heavy atom. The van der Waals surface area contributed by atoms with Crippen LogP contribution in [0.5, 0.6) is 0 Å². The monoisotopic (exact) mass is 351 g/mol. The normalized spacial score (nSPS) is 10.9. The summed E-state index contributed by atoms with van der Waals surface area (Å²) in [7, 11) is 0. The van der Waals surface area contributed by atoms with E-state index in [-0.39, 0.29) is 0 Å². The van der Waals surface area contributed by atoms with Crippen LogP contribution in [0.25, 0.3) is 11.1 Å². The van der Waals surface area contributed by atoms with Gasteiger partial charge in [-0.2, -0.15) is 4.98 Å². The summed E-state index contributed by atoms with van der Waals surface area (Å²) < 4.78 is 6.50. The van der Waals surface area contributed by atoms with Gasteiger partial charge in [-0.25, -0.2) is 0 Å². The molecule has 0 atom stereocenters. The van der Waals surface area contributed by atoms with Gasteiger partial charge in [0.1, 0.15) is 5.52 Å². The minimum absolute atomic E-state index is 0.374. The van der Waals surface area contributed by atoms with E-state index in [1.165, 1.54) is 0 Å². The van der Waals surface area contributed by atoms with Crippen molar-refractivity contribution in [1.29, 1.82) is 0 Å². The molecule has 3 N–H and O–H groups in total. The van der Waals surface area contributed by atoms with E-state index in [1.54, 1.807) is 6.07 Å². The fourth-order valence-corrected chi connectivity index (χ4v) is 2.60. The third-order valence-electron chi connectivity index (χ3n) is 2.94. The predicted molar refractivity (Wildman–Crippen MR) is 85.6 cm³/mol. The zero-order valence-corrected chi connectivity index (χ0v) is 12.9. The molecule has 4 nitrogen and oxygen atoms in total. The number of rotatable bonds is 2. The molecule has 20 heavy (non-hydrogen) atoms. The van der Waals surface area contributed by atoms with Crippen LogP contribution in [0.4, 0.5) is 17.4 Å². The molecule has 0 aliphatic heterocycles. The molecule has 2 aromatic carbocycles. The van der Waals surface area contributed by atoms with Gasteiger partial charge in [0.2, 0.25) is 0 Å². The maximum absolute atomic E-state index is 6.12. The molecule has 0 spiro atoms. The van der Waals surface area contributed by atoms with Crippen molar-refractivity contribution in [1.82, 2.24) is 4.98 Å². The summed E-state index contributed by atoms with van der Waals surface area (Å²) in [6, 6.07) is 9.55. The first kappa shape index (κ1) is 13.3. The number of halogens is 2. The van der Waals surface area contributed by atoms with Gasteiger partial charge in [0.25, 0.3) is 6.01 Å². The highest BCUT2D eigenvalue weighted by atomic mass is 79.9. The predicted octanol–water partition coefficient (Wildman–Crippen LogP) is 4.88. The standard InChI is InChI=1S/C14H11BrClN3O/c1-7-5-8(15)11(6-9(7)16)18-14-19-13-10(17)3-2-4-12(13)20-14/h2-6H,17H2,1H3,(H,18,19). The molecule has 0 unspecified atom stereocenters. The van der Waals surface area contributed by atoms with E-state index in [2.05, 4.69) is 26.2 Å². The van der Waals surface area contributed by atoms with E-state index in [0.717, 1.165) is 15.7 Å². The van der Waals surface area contributed by atoms with Crippen molar-refractivity contribution >= 4 is 56.0 Å². The molecule has 1 heterocycles. The van der Waals surface area contributed by atoms with Crippen molar-refractivity contribution in [3.63, 3.8) is 0 Å². The number of oxazole rings is 1. The van der Waals surface area contributed by atoms with E-state index in [1.807, 2.05) is 31.2 Å². The lowest BCUT2D eigenvalue weighted by molar-refractivity contribution is 0.623. The Morgan fingerprint density at radius 3 is 2.90 bits per heavy atom. The largest absolute Gasteiger partial charge is 0.423 e. The van der Waals surface area contributed by atoms with Crippen molar-refractivity contribution < 1.29 is 4.42 Å². The summed E-state index contributed by atoms with van der Waals surface area (Å²) in [5, 5.41) is 3.76. The van der Waals surface area contributed by atoms with Crippen LogP contribution in [0.15, 0.2) is 39.2 Å². The lowest BCUT2D eigenvalue weighted by atomic mass is 10.2. The summed E-state index contributed by atoms with van der Waals surface area (Å²) >= 11 is 9.61. The number of para-hydroxylation sites is 1. The van der Waals surface area contributed by atoms with E-state index >= 15 is 0 Å². The topological polar surface area (TPSA) is 64.1 Å². The molecule has 0 saturated heterocycles. The van der Waals surface area contributed by atoms with E-state index in [4.69, 9.17) is 21.8 Å². The summed E-state index contributed by atoms with van der Waals surface area (Å²) in [6.07, 6.45) is 0. The van der Waals surface area contributed by atoms with Crippen LogP contribution in [0.2, 0.25) is 5.02 Å². The van der Waals surface area contributed by atoms with Gasteiger partial charge in [-0.3, -0.25) is 0 Å². The molecule has 1 aromatic heterocycles. The highest BCUT2D eigenvalue weighted by Gasteiger charge is 2.10. The Bertz CT molecular complexity index is 800. The summed E-state index contributed by atoms with van der Waals surface area (Å²) in [5.74, 6) is 0. The number of aryl methyl sites for hydroxylation is 1. The molecule has 0 fully saturated rings. The smallest absolute Gasteiger partial charge is 0.300 e. The number of hydrogen-bond donors (Lipinski definition) is 2. The van der Waals surface area contributed by atoms with Crippen molar-refractivity contribution in [3.05, 3.63) is 45.4 Å². The van der Waals surface area contributed by atoms with Crippen LogP contribution in [-0.4, -0.2) is 4.98 Å². The summed E-state index contributed by atoms with van der Waals surface area (Å²) in [5.41, 5.74) is 9.50. The number of nitrogen functional groups attached to an aromatic ring is 1. The van der Waals surface area contributed by atoms with Crippen molar-refractivity contribution in [2.75, 3.05) is 11.1 Å². The molecule has 0 amide bonds. The zero-order chi connectivity index (χ0) is 14.3. The second-order valence-electron chi connectivity index (χ2n) is 4.42. The third-order valence-corrected chi connectivity index (χ3v) is 4.00. The number of nitrogens with one attached hydrogen (secondary N) is 1. The minimum atomic E-state index is 0.374. The van der Waals surface area contributed by atoms with Gasteiger partial charge in [0.05, 0.1) is 11.4 Å². The fraction of sp³-hybridized carbons (Fsp3) is 0.0714. The summed E-state index contributed by atoms with van der Waals surface area (Å²) in [6.45, 7) is 1.94. The highest BCUT2D eigenvalue weighted by Crippen LogP contribution is 2.32. The van der Waals surface area contributed by atoms with Crippen molar-refractivity contribution in [3.8, 4) is 0 Å². The number of benzene rings is 2. The number of anilines is 3. The number of hydrogen-bond acceptors (Lipinski definition) is 4. The maximum atomic E-state index is 6.12. The van der Waals surface area contributed by atoms with Gasteiger partial charge >= 0.3 is 0 Å². The first-order valence-electron chi connectivity index (χ1n) is 5.92. The molecule has 0 aliphatic carbocycles. The van der Waals surface area contributed by atoms with Crippen LogP contribution in [0.1, 0.15) is 5.56 Å². The van der Waals surface area contributed by atoms with Crippen LogP contribution < -0.4 is 11.1 Å². The second kappa shape index (κ2) is 5.00. The van der Waals surface area contributed by atoms with Crippen LogP contribution >= 0.6 is 27.5 Å². The van der Waals surface area contributed by atoms with Crippen molar-refractivity contribution in [2.45, 2.75) is 6.92 Å². The van der Waals surface area contributed by atoms with Gasteiger partial charge in [0.15, 0.2) is 5.58 Å². The maximum Gasteiger partial charge on any atom is 0.300 e. The van der Waals surface area contributed by atoms with E-state index in [9.17, 15) is 0 Å².